The number of thioether (sulfide) groups is 1. The molecule has 1 atom stereocenters. The molecule has 1 aromatic rings. The minimum Gasteiger partial charge on any atom is -0.463 e. The molecule has 0 unspecified atom stereocenters. The second-order valence-corrected chi connectivity index (χ2v) is 6.06. The molecule has 0 amide bonds. The number of rotatable bonds is 5. The molecule has 0 saturated heterocycles. The highest BCUT2D eigenvalue weighted by Crippen LogP contribution is 2.32. The van der Waals surface area contributed by atoms with Gasteiger partial charge in [0, 0.05) is 11.4 Å². The average molecular weight is 318 g/mol. The van der Waals surface area contributed by atoms with E-state index in [0.717, 1.165) is 28.6 Å². The summed E-state index contributed by atoms with van der Waals surface area (Å²) in [5.41, 5.74) is 2.41. The molecule has 0 fully saturated rings. The third-order valence-electron chi connectivity index (χ3n) is 3.27. The van der Waals surface area contributed by atoms with Crippen molar-refractivity contribution in [1.82, 2.24) is 5.32 Å². The van der Waals surface area contributed by atoms with Crippen molar-refractivity contribution in [3.05, 3.63) is 47.2 Å². The first-order valence-corrected chi connectivity index (χ1v) is 8.56. The topological polar surface area (TPSA) is 50.7 Å². The molecule has 1 heterocycles. The van der Waals surface area contributed by atoms with E-state index < -0.39 is 0 Å². The van der Waals surface area contributed by atoms with E-state index in [4.69, 9.17) is 9.73 Å². The van der Waals surface area contributed by atoms with Crippen LogP contribution in [0.2, 0.25) is 0 Å². The van der Waals surface area contributed by atoms with Crippen LogP contribution in [0.4, 0.5) is 0 Å². The van der Waals surface area contributed by atoms with Crippen LogP contribution in [0, 0.1) is 0 Å². The fraction of sp³-hybridized carbons (Fsp3) is 0.412. The number of ether oxygens (including phenoxy) is 1. The van der Waals surface area contributed by atoms with Crippen LogP contribution in [0.1, 0.15) is 38.8 Å². The normalized spacial score (nSPS) is 17.8. The smallest absolute Gasteiger partial charge is 0.338 e. The summed E-state index contributed by atoms with van der Waals surface area (Å²) in [5.74, 6) is 0.694. The Morgan fingerprint density at radius 2 is 2.05 bits per heavy atom. The van der Waals surface area contributed by atoms with Gasteiger partial charge in [0.25, 0.3) is 0 Å². The zero-order valence-corrected chi connectivity index (χ0v) is 14.1. The molecule has 1 N–H and O–H groups in total. The van der Waals surface area contributed by atoms with Gasteiger partial charge in [-0.1, -0.05) is 49.0 Å². The van der Waals surface area contributed by atoms with E-state index in [0.29, 0.717) is 12.2 Å². The minimum absolute atomic E-state index is 0.301. The number of hydrogen-bond donors (Lipinski definition) is 1. The van der Waals surface area contributed by atoms with Gasteiger partial charge in [-0.3, -0.25) is 0 Å². The maximum absolute atomic E-state index is 12.3. The summed E-state index contributed by atoms with van der Waals surface area (Å²) in [6.07, 6.45) is 1.08. The quantitative estimate of drug-likeness (QED) is 0.842. The van der Waals surface area contributed by atoms with Crippen molar-refractivity contribution in [2.75, 3.05) is 12.4 Å². The zero-order chi connectivity index (χ0) is 15.9. The van der Waals surface area contributed by atoms with Gasteiger partial charge in [0.15, 0.2) is 5.17 Å². The summed E-state index contributed by atoms with van der Waals surface area (Å²) in [4.78, 5) is 17.1. The number of nitrogens with zero attached hydrogens (tertiary/aromatic N) is 1. The molecule has 2 rings (SSSR count). The summed E-state index contributed by atoms with van der Waals surface area (Å²) >= 11 is 1.68. The second kappa shape index (κ2) is 8.03. The fourth-order valence-corrected chi connectivity index (χ4v) is 3.07. The summed E-state index contributed by atoms with van der Waals surface area (Å²) in [5, 5.41) is 4.09. The van der Waals surface area contributed by atoms with Gasteiger partial charge in [0.05, 0.1) is 12.2 Å². The van der Waals surface area contributed by atoms with E-state index in [-0.39, 0.29) is 12.0 Å². The molecule has 0 aliphatic carbocycles. The Kier molecular flexibility index (Phi) is 6.07. The first-order chi connectivity index (χ1) is 10.7. The highest BCUT2D eigenvalue weighted by Gasteiger charge is 2.30. The first-order valence-electron chi connectivity index (χ1n) is 7.57. The van der Waals surface area contributed by atoms with Crippen LogP contribution in [0.5, 0.6) is 0 Å². The Hall–Kier alpha value is -1.75. The molecule has 1 aliphatic rings. The molecule has 1 aromatic carbocycles. The van der Waals surface area contributed by atoms with Crippen molar-refractivity contribution in [1.29, 1.82) is 0 Å². The monoisotopic (exact) mass is 318 g/mol. The van der Waals surface area contributed by atoms with E-state index in [2.05, 4.69) is 12.2 Å². The van der Waals surface area contributed by atoms with Crippen molar-refractivity contribution >= 4 is 22.9 Å². The van der Waals surface area contributed by atoms with Crippen molar-refractivity contribution in [2.45, 2.75) is 33.2 Å². The molecular weight excluding hydrogens is 296 g/mol. The van der Waals surface area contributed by atoms with Gasteiger partial charge in [-0.2, -0.15) is 0 Å². The largest absolute Gasteiger partial charge is 0.463 e. The molecule has 0 bridgehead atoms. The maximum atomic E-state index is 12.3. The molecule has 0 radical (unpaired) electrons. The molecular formula is C17H22N2O2S. The average Bonchev–Trinajstić information content (AvgIpc) is 2.53. The van der Waals surface area contributed by atoms with E-state index in [9.17, 15) is 4.79 Å². The lowest BCUT2D eigenvalue weighted by Crippen LogP contribution is -2.30. The Labute approximate surface area is 136 Å². The SMILES string of the molecule is CCCSC1=N[C@@H](c2ccccc2)C(C(=O)OCC)=C(C)N1. The third-order valence-corrected chi connectivity index (χ3v) is 4.37. The van der Waals surface area contributed by atoms with E-state index in [1.165, 1.54) is 0 Å². The number of hydrogen-bond acceptors (Lipinski definition) is 5. The molecule has 0 saturated carbocycles. The number of carbonyl (C=O) groups is 1. The lowest BCUT2D eigenvalue weighted by Gasteiger charge is -2.25. The fourth-order valence-electron chi connectivity index (χ4n) is 2.27. The first kappa shape index (κ1) is 16.6. The van der Waals surface area contributed by atoms with E-state index in [1.807, 2.05) is 44.2 Å². The van der Waals surface area contributed by atoms with Crippen LogP contribution in [0.3, 0.4) is 0 Å². The summed E-state index contributed by atoms with van der Waals surface area (Å²) < 4.78 is 5.21. The number of aliphatic imine (C=N–C) groups is 1. The van der Waals surface area contributed by atoms with Crippen LogP contribution in [0.25, 0.3) is 0 Å². The Morgan fingerprint density at radius 1 is 1.32 bits per heavy atom. The standard InChI is InChI=1S/C17H22N2O2S/c1-4-11-22-17-18-12(3)14(16(20)21-5-2)15(19-17)13-9-7-6-8-10-13/h6-10,15H,4-5,11H2,1-3H3,(H,18,19)/t15-/m0/s1. The number of amidine groups is 1. The number of benzene rings is 1. The highest BCUT2D eigenvalue weighted by atomic mass is 32.2. The van der Waals surface area contributed by atoms with Crippen LogP contribution in [-0.4, -0.2) is 23.5 Å². The minimum atomic E-state index is -0.305. The van der Waals surface area contributed by atoms with Gasteiger partial charge in [0.2, 0.25) is 0 Å². The summed E-state index contributed by atoms with van der Waals surface area (Å²) in [6.45, 7) is 6.22. The number of esters is 1. The third kappa shape index (κ3) is 3.91. The number of allylic oxidation sites excluding steroid dienone is 1. The molecule has 5 heteroatoms. The van der Waals surface area contributed by atoms with Gasteiger partial charge in [0.1, 0.15) is 6.04 Å². The molecule has 22 heavy (non-hydrogen) atoms. The molecule has 4 nitrogen and oxygen atoms in total. The van der Waals surface area contributed by atoms with Gasteiger partial charge >= 0.3 is 5.97 Å². The van der Waals surface area contributed by atoms with Crippen molar-refractivity contribution < 1.29 is 9.53 Å². The Bertz CT molecular complexity index is 582. The van der Waals surface area contributed by atoms with Crippen LogP contribution < -0.4 is 5.32 Å². The predicted octanol–water partition coefficient (Wildman–Crippen LogP) is 3.67. The summed E-state index contributed by atoms with van der Waals surface area (Å²) in [6, 6.07) is 9.57. The van der Waals surface area contributed by atoms with Gasteiger partial charge in [-0.05, 0) is 25.8 Å². The van der Waals surface area contributed by atoms with Crippen LogP contribution >= 0.6 is 11.8 Å². The highest BCUT2D eigenvalue weighted by molar-refractivity contribution is 8.13. The van der Waals surface area contributed by atoms with Crippen LogP contribution in [-0.2, 0) is 9.53 Å². The van der Waals surface area contributed by atoms with E-state index in [1.54, 1.807) is 11.8 Å². The molecule has 0 spiro atoms. The molecule has 1 aliphatic heterocycles. The van der Waals surface area contributed by atoms with Crippen LogP contribution in [0.15, 0.2) is 46.6 Å². The van der Waals surface area contributed by atoms with Crippen molar-refractivity contribution in [2.24, 2.45) is 4.99 Å². The van der Waals surface area contributed by atoms with Gasteiger partial charge < -0.3 is 10.1 Å². The van der Waals surface area contributed by atoms with Crippen molar-refractivity contribution in [3.63, 3.8) is 0 Å². The second-order valence-electron chi connectivity index (χ2n) is 4.98. The molecule has 0 aromatic heterocycles. The maximum Gasteiger partial charge on any atom is 0.338 e. The Morgan fingerprint density at radius 3 is 2.68 bits per heavy atom. The van der Waals surface area contributed by atoms with Gasteiger partial charge in [-0.15, -0.1) is 0 Å². The van der Waals surface area contributed by atoms with Crippen molar-refractivity contribution in [3.8, 4) is 0 Å². The molecule has 118 valence electrons. The zero-order valence-electron chi connectivity index (χ0n) is 13.3. The lowest BCUT2D eigenvalue weighted by atomic mass is 9.97. The number of carbonyl (C=O) groups excluding carboxylic acids is 1. The predicted molar refractivity (Wildman–Crippen MR) is 91.8 cm³/mol. The van der Waals surface area contributed by atoms with E-state index >= 15 is 0 Å². The Balaban J connectivity index is 2.36. The number of nitrogens with one attached hydrogen (secondary N) is 1. The lowest BCUT2D eigenvalue weighted by molar-refractivity contribution is -0.138. The summed E-state index contributed by atoms with van der Waals surface area (Å²) in [7, 11) is 0. The van der Waals surface area contributed by atoms with Gasteiger partial charge in [-0.25, -0.2) is 9.79 Å².